The van der Waals surface area contributed by atoms with E-state index in [0.29, 0.717) is 30.2 Å². The van der Waals surface area contributed by atoms with Gasteiger partial charge in [-0.1, -0.05) is 11.6 Å². The van der Waals surface area contributed by atoms with Crippen LogP contribution in [0.15, 0.2) is 21.6 Å². The summed E-state index contributed by atoms with van der Waals surface area (Å²) in [5, 5.41) is 9.36. The molecule has 0 unspecified atom stereocenters. The first-order valence-corrected chi connectivity index (χ1v) is 8.55. The van der Waals surface area contributed by atoms with E-state index in [9.17, 15) is 13.5 Å². The Balaban J connectivity index is 2.16. The fourth-order valence-corrected chi connectivity index (χ4v) is 4.32. The van der Waals surface area contributed by atoms with Gasteiger partial charge in [-0.2, -0.15) is 0 Å². The van der Waals surface area contributed by atoms with E-state index in [1.807, 2.05) is 0 Å². The van der Waals surface area contributed by atoms with Crippen LogP contribution in [0.3, 0.4) is 0 Å². The van der Waals surface area contributed by atoms with Crippen molar-refractivity contribution in [1.29, 1.82) is 0 Å². The monoisotopic (exact) mass is 368 g/mol. The van der Waals surface area contributed by atoms with Gasteiger partial charge in [0.05, 0.1) is 6.10 Å². The predicted molar refractivity (Wildman–Crippen MR) is 75.5 cm³/mol. The Labute approximate surface area is 125 Å². The average Bonchev–Trinajstić information content (AvgIpc) is 2.35. The topological polar surface area (TPSA) is 79.3 Å². The summed E-state index contributed by atoms with van der Waals surface area (Å²) in [5.74, 6) is 0. The van der Waals surface area contributed by atoms with E-state index in [-0.39, 0.29) is 22.2 Å². The third-order valence-electron chi connectivity index (χ3n) is 3.08. The molecule has 0 aromatic carbocycles. The predicted octanol–water partition coefficient (Wildman–Crippen LogP) is 2.08. The molecule has 1 aromatic heterocycles. The van der Waals surface area contributed by atoms with Gasteiger partial charge >= 0.3 is 0 Å². The maximum Gasteiger partial charge on any atom is 0.243 e. The highest BCUT2D eigenvalue weighted by molar-refractivity contribution is 9.10. The van der Waals surface area contributed by atoms with Gasteiger partial charge in [-0.3, -0.25) is 0 Å². The first-order chi connectivity index (χ1) is 8.88. The SMILES string of the molecule is O=S(=O)(NC1CCC(O)CC1)c1cc(Br)cnc1Cl. The molecular formula is C11H14BrClN2O3S. The van der Waals surface area contributed by atoms with Crippen LogP contribution >= 0.6 is 27.5 Å². The van der Waals surface area contributed by atoms with Crippen molar-refractivity contribution >= 4 is 37.6 Å². The Kier molecular flexibility index (Phi) is 4.84. The number of halogens is 2. The van der Waals surface area contributed by atoms with Gasteiger partial charge in [-0.05, 0) is 47.7 Å². The number of hydrogen-bond donors (Lipinski definition) is 2. The summed E-state index contributed by atoms with van der Waals surface area (Å²) in [6.45, 7) is 0. The van der Waals surface area contributed by atoms with Crippen molar-refractivity contribution in [2.75, 3.05) is 0 Å². The molecule has 0 saturated heterocycles. The van der Waals surface area contributed by atoms with Crippen molar-refractivity contribution in [3.05, 3.63) is 21.9 Å². The highest BCUT2D eigenvalue weighted by atomic mass is 79.9. The number of aromatic nitrogens is 1. The second-order valence-electron chi connectivity index (χ2n) is 4.57. The Morgan fingerprint density at radius 3 is 2.63 bits per heavy atom. The maximum atomic E-state index is 12.2. The van der Waals surface area contributed by atoms with Crippen LogP contribution in [-0.2, 0) is 10.0 Å². The van der Waals surface area contributed by atoms with Crippen molar-refractivity contribution in [2.24, 2.45) is 0 Å². The van der Waals surface area contributed by atoms with Crippen molar-refractivity contribution in [2.45, 2.75) is 42.7 Å². The van der Waals surface area contributed by atoms with E-state index in [1.54, 1.807) is 0 Å². The van der Waals surface area contributed by atoms with Crippen LogP contribution in [0.2, 0.25) is 5.15 Å². The van der Waals surface area contributed by atoms with Crippen molar-refractivity contribution in [1.82, 2.24) is 9.71 Å². The van der Waals surface area contributed by atoms with E-state index in [4.69, 9.17) is 11.6 Å². The third kappa shape index (κ3) is 3.88. The minimum atomic E-state index is -3.69. The number of hydrogen-bond acceptors (Lipinski definition) is 4. The molecule has 1 fully saturated rings. The summed E-state index contributed by atoms with van der Waals surface area (Å²) < 4.78 is 27.6. The van der Waals surface area contributed by atoms with E-state index < -0.39 is 10.0 Å². The molecule has 0 aliphatic heterocycles. The minimum absolute atomic E-state index is 0.0327. The number of pyridine rings is 1. The molecule has 8 heteroatoms. The summed E-state index contributed by atoms with van der Waals surface area (Å²) in [7, 11) is -3.69. The number of sulfonamides is 1. The van der Waals surface area contributed by atoms with Crippen LogP contribution in [0.5, 0.6) is 0 Å². The lowest BCUT2D eigenvalue weighted by Crippen LogP contribution is -2.38. The van der Waals surface area contributed by atoms with Crippen LogP contribution < -0.4 is 4.72 Å². The fourth-order valence-electron chi connectivity index (χ4n) is 2.07. The highest BCUT2D eigenvalue weighted by Gasteiger charge is 2.26. The summed E-state index contributed by atoms with van der Waals surface area (Å²) in [4.78, 5) is 3.78. The van der Waals surface area contributed by atoms with Crippen LogP contribution in [0.4, 0.5) is 0 Å². The van der Waals surface area contributed by atoms with Gasteiger partial charge in [0.15, 0.2) is 0 Å². The van der Waals surface area contributed by atoms with Crippen molar-refractivity contribution < 1.29 is 13.5 Å². The Morgan fingerprint density at radius 1 is 1.37 bits per heavy atom. The normalized spacial score (nSPS) is 24.4. The van der Waals surface area contributed by atoms with E-state index in [2.05, 4.69) is 25.6 Å². The van der Waals surface area contributed by atoms with Gasteiger partial charge in [0.25, 0.3) is 0 Å². The summed E-state index contributed by atoms with van der Waals surface area (Å²) in [5.41, 5.74) is 0. The molecule has 0 atom stereocenters. The second-order valence-corrected chi connectivity index (χ2v) is 7.53. The molecule has 1 saturated carbocycles. The van der Waals surface area contributed by atoms with Crippen LogP contribution in [-0.4, -0.2) is 30.7 Å². The largest absolute Gasteiger partial charge is 0.393 e. The van der Waals surface area contributed by atoms with Crippen LogP contribution in [0, 0.1) is 0 Å². The summed E-state index contributed by atoms with van der Waals surface area (Å²) in [6.07, 6.45) is 3.59. The molecule has 19 heavy (non-hydrogen) atoms. The number of nitrogens with zero attached hydrogens (tertiary/aromatic N) is 1. The van der Waals surface area contributed by atoms with E-state index in [1.165, 1.54) is 12.3 Å². The molecule has 1 aromatic rings. The molecule has 5 nitrogen and oxygen atoms in total. The Bertz CT molecular complexity index is 559. The molecule has 0 spiro atoms. The lowest BCUT2D eigenvalue weighted by Gasteiger charge is -2.26. The Morgan fingerprint density at radius 2 is 2.00 bits per heavy atom. The smallest absolute Gasteiger partial charge is 0.243 e. The van der Waals surface area contributed by atoms with E-state index >= 15 is 0 Å². The molecule has 1 aliphatic carbocycles. The number of rotatable bonds is 3. The number of nitrogens with one attached hydrogen (secondary N) is 1. The zero-order valence-electron chi connectivity index (χ0n) is 10.0. The van der Waals surface area contributed by atoms with Gasteiger partial charge in [-0.25, -0.2) is 18.1 Å². The average molecular weight is 370 g/mol. The second kappa shape index (κ2) is 6.05. The molecule has 0 bridgehead atoms. The standard InChI is InChI=1S/C11H14BrClN2O3S/c12-7-5-10(11(13)14-6-7)19(17,18)15-8-1-3-9(16)4-2-8/h5-6,8-9,15-16H,1-4H2. The summed E-state index contributed by atoms with van der Waals surface area (Å²) in [6, 6.07) is 1.26. The van der Waals surface area contributed by atoms with Crippen molar-refractivity contribution in [3.8, 4) is 0 Å². The summed E-state index contributed by atoms with van der Waals surface area (Å²) >= 11 is 9.01. The maximum absolute atomic E-state index is 12.2. The van der Waals surface area contributed by atoms with Crippen LogP contribution in [0.25, 0.3) is 0 Å². The highest BCUT2D eigenvalue weighted by Crippen LogP contribution is 2.25. The van der Waals surface area contributed by atoms with Gasteiger partial charge in [0.2, 0.25) is 10.0 Å². The lowest BCUT2D eigenvalue weighted by molar-refractivity contribution is 0.120. The molecule has 1 heterocycles. The van der Waals surface area contributed by atoms with Gasteiger partial charge in [0.1, 0.15) is 10.0 Å². The number of aliphatic hydroxyl groups excluding tert-OH is 1. The van der Waals surface area contributed by atoms with Gasteiger partial charge in [0, 0.05) is 16.7 Å². The molecule has 0 amide bonds. The number of aliphatic hydroxyl groups is 1. The zero-order chi connectivity index (χ0) is 14.0. The molecule has 2 rings (SSSR count). The molecular weight excluding hydrogens is 356 g/mol. The lowest BCUT2D eigenvalue weighted by atomic mass is 9.94. The third-order valence-corrected chi connectivity index (χ3v) is 5.46. The zero-order valence-corrected chi connectivity index (χ0v) is 13.2. The fraction of sp³-hybridized carbons (Fsp3) is 0.545. The Hall–Kier alpha value is -0.210. The molecule has 2 N–H and O–H groups in total. The molecule has 0 radical (unpaired) electrons. The van der Waals surface area contributed by atoms with Crippen LogP contribution in [0.1, 0.15) is 25.7 Å². The first-order valence-electron chi connectivity index (χ1n) is 5.90. The van der Waals surface area contributed by atoms with E-state index in [0.717, 1.165) is 0 Å². The van der Waals surface area contributed by atoms with Crippen molar-refractivity contribution in [3.63, 3.8) is 0 Å². The molecule has 106 valence electrons. The minimum Gasteiger partial charge on any atom is -0.393 e. The molecule has 1 aliphatic rings. The quantitative estimate of drug-likeness (QED) is 0.800. The van der Waals surface area contributed by atoms with Gasteiger partial charge < -0.3 is 5.11 Å². The first kappa shape index (κ1) is 15.2. The van der Waals surface area contributed by atoms with Gasteiger partial charge in [-0.15, -0.1) is 0 Å².